The van der Waals surface area contributed by atoms with Crippen LogP contribution in [0.25, 0.3) is 10.9 Å². The zero-order chi connectivity index (χ0) is 22.7. The maximum absolute atomic E-state index is 13.3. The summed E-state index contributed by atoms with van der Waals surface area (Å²) in [6.07, 6.45) is 1.41. The van der Waals surface area contributed by atoms with E-state index in [1.165, 1.54) is 42.0 Å². The van der Waals surface area contributed by atoms with Crippen molar-refractivity contribution in [2.75, 3.05) is 5.32 Å². The van der Waals surface area contributed by atoms with Gasteiger partial charge in [0.25, 0.3) is 5.91 Å². The number of carbonyl (C=O) groups is 3. The van der Waals surface area contributed by atoms with Crippen molar-refractivity contribution in [1.29, 1.82) is 0 Å². The summed E-state index contributed by atoms with van der Waals surface area (Å²) in [6.45, 7) is 1.39. The van der Waals surface area contributed by atoms with E-state index in [4.69, 9.17) is 4.84 Å². The first kappa shape index (κ1) is 20.8. The number of fused-ring (bicyclic) bond motifs is 1. The lowest BCUT2D eigenvalue weighted by Gasteiger charge is -2.08. The molecule has 32 heavy (non-hydrogen) atoms. The van der Waals surface area contributed by atoms with Gasteiger partial charge in [0.1, 0.15) is 5.82 Å². The van der Waals surface area contributed by atoms with E-state index in [0.717, 1.165) is 0 Å². The Morgan fingerprint density at radius 1 is 0.906 bits per heavy atom. The van der Waals surface area contributed by atoms with Gasteiger partial charge in [0.15, 0.2) is 0 Å². The zero-order valence-electron chi connectivity index (χ0n) is 17.0. The van der Waals surface area contributed by atoms with Gasteiger partial charge in [-0.05, 0) is 48.5 Å². The molecule has 3 aromatic carbocycles. The molecule has 1 aromatic heterocycles. The van der Waals surface area contributed by atoms with Crippen LogP contribution in [0.15, 0.2) is 79.0 Å². The molecule has 0 aliphatic rings. The lowest BCUT2D eigenvalue weighted by Crippen LogP contribution is -2.27. The Hall–Kier alpha value is -4.46. The van der Waals surface area contributed by atoms with Gasteiger partial charge in [-0.3, -0.25) is 14.2 Å². The largest absolute Gasteiger partial charge is 0.362 e. The lowest BCUT2D eigenvalue weighted by atomic mass is 10.2. The Bertz CT molecular complexity index is 1330. The van der Waals surface area contributed by atoms with Crippen LogP contribution < -0.4 is 10.8 Å². The smallest absolute Gasteiger partial charge is 0.355 e. The fraction of sp³-hybridized carbons (Fsp3) is 0.0417. The summed E-state index contributed by atoms with van der Waals surface area (Å²) in [6, 6.07) is 19.2. The minimum Gasteiger partial charge on any atom is -0.355 e. The molecule has 2 N–H and O–H groups in total. The number of rotatable bonds is 4. The monoisotopic (exact) mass is 431 g/mol. The van der Waals surface area contributed by atoms with Gasteiger partial charge in [0, 0.05) is 29.9 Å². The van der Waals surface area contributed by atoms with Crippen LogP contribution in [0.2, 0.25) is 0 Å². The highest BCUT2D eigenvalue weighted by Crippen LogP contribution is 2.22. The van der Waals surface area contributed by atoms with Gasteiger partial charge < -0.3 is 10.2 Å². The molecule has 0 unspecified atom stereocenters. The van der Waals surface area contributed by atoms with Crippen molar-refractivity contribution in [3.63, 3.8) is 0 Å². The normalized spacial score (nSPS) is 10.6. The molecule has 0 aliphatic heterocycles. The fourth-order valence-electron chi connectivity index (χ4n) is 3.25. The summed E-state index contributed by atoms with van der Waals surface area (Å²) in [5.41, 5.74) is 4.34. The van der Waals surface area contributed by atoms with E-state index in [9.17, 15) is 18.8 Å². The molecule has 7 nitrogen and oxygen atoms in total. The highest BCUT2D eigenvalue weighted by atomic mass is 19.1. The number of halogens is 1. The van der Waals surface area contributed by atoms with Crippen molar-refractivity contribution in [1.82, 2.24) is 10.0 Å². The second kappa shape index (κ2) is 8.73. The highest BCUT2D eigenvalue weighted by molar-refractivity contribution is 6.09. The molecular weight excluding hydrogens is 413 g/mol. The fourth-order valence-corrected chi connectivity index (χ4v) is 3.25. The van der Waals surface area contributed by atoms with Crippen molar-refractivity contribution in [2.24, 2.45) is 0 Å². The molecule has 0 atom stereocenters. The molecular formula is C24H18FN3O4. The van der Waals surface area contributed by atoms with Crippen LogP contribution in [-0.2, 0) is 4.84 Å². The summed E-state index contributed by atoms with van der Waals surface area (Å²) in [5, 5.41) is 3.58. The number of aromatic nitrogens is 1. The average molecular weight is 431 g/mol. The number of hydroxylamine groups is 1. The van der Waals surface area contributed by atoms with Gasteiger partial charge in [-0.2, -0.15) is 5.48 Å². The van der Waals surface area contributed by atoms with Gasteiger partial charge in [0.05, 0.1) is 16.6 Å². The molecule has 0 saturated carbocycles. The Balaban J connectivity index is 1.42. The van der Waals surface area contributed by atoms with E-state index in [2.05, 4.69) is 10.8 Å². The van der Waals surface area contributed by atoms with Gasteiger partial charge in [-0.15, -0.1) is 0 Å². The van der Waals surface area contributed by atoms with Crippen LogP contribution in [0.4, 0.5) is 15.8 Å². The molecule has 160 valence electrons. The van der Waals surface area contributed by atoms with Crippen LogP contribution in [0.1, 0.15) is 32.4 Å². The number of hydrogen-bond acceptors (Lipinski definition) is 5. The number of benzene rings is 3. The molecule has 0 bridgehead atoms. The summed E-state index contributed by atoms with van der Waals surface area (Å²) >= 11 is 0. The number of hydrogen-bond donors (Lipinski definition) is 2. The van der Waals surface area contributed by atoms with E-state index >= 15 is 0 Å². The number of nitrogens with one attached hydrogen (secondary N) is 2. The van der Waals surface area contributed by atoms with Crippen molar-refractivity contribution >= 4 is 40.1 Å². The summed E-state index contributed by atoms with van der Waals surface area (Å²) in [4.78, 5) is 41.6. The summed E-state index contributed by atoms with van der Waals surface area (Å²) in [5.74, 6) is -2.02. The maximum atomic E-state index is 13.3. The predicted octanol–water partition coefficient (Wildman–Crippen LogP) is 4.69. The maximum Gasteiger partial charge on any atom is 0.362 e. The molecule has 0 fully saturated rings. The second-order valence-corrected chi connectivity index (χ2v) is 6.98. The van der Waals surface area contributed by atoms with E-state index in [0.29, 0.717) is 22.3 Å². The van der Waals surface area contributed by atoms with Crippen molar-refractivity contribution in [2.45, 2.75) is 6.92 Å². The topological polar surface area (TPSA) is 89.4 Å². The first-order valence-electron chi connectivity index (χ1n) is 9.67. The van der Waals surface area contributed by atoms with E-state index in [1.54, 1.807) is 48.5 Å². The third kappa shape index (κ3) is 4.34. The third-order valence-corrected chi connectivity index (χ3v) is 4.77. The van der Waals surface area contributed by atoms with E-state index in [-0.39, 0.29) is 22.9 Å². The number of para-hydroxylation sites is 1. The van der Waals surface area contributed by atoms with Crippen molar-refractivity contribution in [3.05, 3.63) is 95.9 Å². The number of amides is 1. The highest BCUT2D eigenvalue weighted by Gasteiger charge is 2.18. The molecule has 1 amide bonds. The lowest BCUT2D eigenvalue weighted by molar-refractivity contribution is 0.0230. The summed E-state index contributed by atoms with van der Waals surface area (Å²) in [7, 11) is 0. The number of nitrogens with zero attached hydrogens (tertiary/aromatic N) is 1. The SMILES string of the molecule is CC(=O)n1cc(C(=O)NOC(=O)c2ccc(Nc3cccc(F)c3)cc2)c2ccccc21. The molecule has 1 heterocycles. The van der Waals surface area contributed by atoms with E-state index < -0.39 is 11.9 Å². The number of carbonyl (C=O) groups excluding carboxylic acids is 3. The third-order valence-electron chi connectivity index (χ3n) is 4.77. The van der Waals surface area contributed by atoms with Gasteiger partial charge >= 0.3 is 5.97 Å². The van der Waals surface area contributed by atoms with Gasteiger partial charge in [0.2, 0.25) is 5.91 Å². The van der Waals surface area contributed by atoms with Crippen LogP contribution in [0.5, 0.6) is 0 Å². The minimum atomic E-state index is -0.758. The predicted molar refractivity (Wildman–Crippen MR) is 117 cm³/mol. The Morgan fingerprint density at radius 2 is 1.66 bits per heavy atom. The molecule has 0 saturated heterocycles. The van der Waals surface area contributed by atoms with Crippen LogP contribution in [0.3, 0.4) is 0 Å². The molecule has 0 radical (unpaired) electrons. The van der Waals surface area contributed by atoms with Crippen molar-refractivity contribution in [3.8, 4) is 0 Å². The molecule has 0 aliphatic carbocycles. The number of anilines is 2. The molecule has 0 spiro atoms. The Morgan fingerprint density at radius 3 is 2.38 bits per heavy atom. The van der Waals surface area contributed by atoms with Crippen molar-refractivity contribution < 1.29 is 23.6 Å². The first-order chi connectivity index (χ1) is 15.4. The van der Waals surface area contributed by atoms with Gasteiger partial charge in [-0.25, -0.2) is 9.18 Å². The molecule has 4 rings (SSSR count). The van der Waals surface area contributed by atoms with E-state index in [1.807, 2.05) is 0 Å². The second-order valence-electron chi connectivity index (χ2n) is 6.98. The average Bonchev–Trinajstić information content (AvgIpc) is 3.18. The molecule has 8 heteroatoms. The zero-order valence-corrected chi connectivity index (χ0v) is 17.0. The first-order valence-corrected chi connectivity index (χ1v) is 9.67. The molecule has 4 aromatic rings. The van der Waals surface area contributed by atoms with Crippen LogP contribution in [0, 0.1) is 5.82 Å². The standard InChI is InChI=1S/C24H18FN3O4/c1-15(29)28-14-21(20-7-2-3-8-22(20)28)23(30)27-32-24(31)16-9-11-18(12-10-16)26-19-6-4-5-17(25)13-19/h2-14,26H,1H3,(H,27,30). The Labute approximate surface area is 182 Å². The summed E-state index contributed by atoms with van der Waals surface area (Å²) < 4.78 is 14.6. The minimum absolute atomic E-state index is 0.207. The quantitative estimate of drug-likeness (QED) is 0.458. The van der Waals surface area contributed by atoms with Crippen LogP contribution >= 0.6 is 0 Å². The Kier molecular flexibility index (Phi) is 5.67. The van der Waals surface area contributed by atoms with Gasteiger partial charge in [-0.1, -0.05) is 24.3 Å². The van der Waals surface area contributed by atoms with Crippen LogP contribution in [-0.4, -0.2) is 22.4 Å².